The van der Waals surface area contributed by atoms with Crippen molar-refractivity contribution in [1.29, 1.82) is 0 Å². The molecular formula is C15H21NO3S. The highest BCUT2D eigenvalue weighted by Gasteiger charge is 2.32. The normalized spacial score (nSPS) is 15.6. The molecule has 0 amide bonds. The van der Waals surface area contributed by atoms with Crippen molar-refractivity contribution < 1.29 is 14.6 Å². The van der Waals surface area contributed by atoms with Gasteiger partial charge in [-0.3, -0.25) is 4.79 Å². The topological polar surface area (TPSA) is 72.5 Å². The molecule has 0 bridgehead atoms. The Morgan fingerprint density at radius 1 is 1.55 bits per heavy atom. The monoisotopic (exact) mass is 295 g/mol. The van der Waals surface area contributed by atoms with Crippen LogP contribution in [0.25, 0.3) is 0 Å². The van der Waals surface area contributed by atoms with Crippen LogP contribution in [-0.2, 0) is 17.6 Å². The lowest BCUT2D eigenvalue weighted by Crippen LogP contribution is -2.46. The van der Waals surface area contributed by atoms with E-state index in [0.29, 0.717) is 0 Å². The lowest BCUT2D eigenvalue weighted by atomic mass is 10.1. The molecule has 0 aliphatic carbocycles. The average molecular weight is 295 g/mol. The number of carboxylic acid groups (broad SMARTS) is 1. The maximum Gasteiger partial charge on any atom is 0.321 e. The van der Waals surface area contributed by atoms with Gasteiger partial charge in [0.1, 0.15) is 11.8 Å². The molecule has 1 aliphatic rings. The molecule has 0 saturated carbocycles. The Labute approximate surface area is 123 Å². The second kappa shape index (κ2) is 6.06. The van der Waals surface area contributed by atoms with E-state index in [4.69, 9.17) is 15.6 Å². The van der Waals surface area contributed by atoms with Gasteiger partial charge in [-0.1, -0.05) is 12.1 Å². The molecule has 1 aromatic rings. The standard InChI is InChI=1S/C15H21NO3S/c1-15(2,13(16)14(17)18)20-8-6-10-3-4-12-11(9-10)5-7-19-12/h3-4,9,13H,5-8,16H2,1-2H3,(H,17,18)/t13-/m0/s1. The summed E-state index contributed by atoms with van der Waals surface area (Å²) in [5, 5.41) is 8.99. The average Bonchev–Trinajstić information content (AvgIpc) is 2.84. The number of hydrogen-bond donors (Lipinski definition) is 2. The SMILES string of the molecule is CC(C)(SCCc1ccc2c(c1)CCO2)[C@@H](N)C(=O)O. The third-order valence-electron chi connectivity index (χ3n) is 3.63. The maximum absolute atomic E-state index is 11.0. The van der Waals surface area contributed by atoms with Gasteiger partial charge in [-0.25, -0.2) is 0 Å². The molecule has 20 heavy (non-hydrogen) atoms. The van der Waals surface area contributed by atoms with Crippen LogP contribution in [0.3, 0.4) is 0 Å². The van der Waals surface area contributed by atoms with Gasteiger partial charge in [0.15, 0.2) is 0 Å². The number of thioether (sulfide) groups is 1. The molecule has 110 valence electrons. The summed E-state index contributed by atoms with van der Waals surface area (Å²) in [7, 11) is 0. The molecule has 0 spiro atoms. The van der Waals surface area contributed by atoms with Crippen LogP contribution in [0.4, 0.5) is 0 Å². The van der Waals surface area contributed by atoms with Crippen LogP contribution in [0.5, 0.6) is 5.75 Å². The summed E-state index contributed by atoms with van der Waals surface area (Å²) in [6.07, 6.45) is 1.89. The number of fused-ring (bicyclic) bond motifs is 1. The summed E-state index contributed by atoms with van der Waals surface area (Å²) in [4.78, 5) is 11.0. The molecule has 0 radical (unpaired) electrons. The fraction of sp³-hybridized carbons (Fsp3) is 0.533. The highest BCUT2D eigenvalue weighted by molar-refractivity contribution is 8.00. The first-order valence-corrected chi connectivity index (χ1v) is 7.75. The lowest BCUT2D eigenvalue weighted by molar-refractivity contribution is -0.139. The molecule has 5 heteroatoms. The van der Waals surface area contributed by atoms with Crippen molar-refractivity contribution >= 4 is 17.7 Å². The smallest absolute Gasteiger partial charge is 0.321 e. The van der Waals surface area contributed by atoms with Crippen molar-refractivity contribution in [3.63, 3.8) is 0 Å². The second-order valence-corrected chi connectivity index (χ2v) is 7.31. The van der Waals surface area contributed by atoms with Gasteiger partial charge in [0.2, 0.25) is 0 Å². The van der Waals surface area contributed by atoms with Crippen LogP contribution < -0.4 is 10.5 Å². The summed E-state index contributed by atoms with van der Waals surface area (Å²) >= 11 is 1.61. The first-order chi connectivity index (χ1) is 9.40. The third kappa shape index (κ3) is 3.46. The highest BCUT2D eigenvalue weighted by Crippen LogP contribution is 2.30. The van der Waals surface area contributed by atoms with Crippen molar-refractivity contribution in [2.45, 2.75) is 37.5 Å². The minimum absolute atomic E-state index is 0.467. The molecule has 4 nitrogen and oxygen atoms in total. The van der Waals surface area contributed by atoms with Gasteiger partial charge in [0, 0.05) is 11.2 Å². The van der Waals surface area contributed by atoms with Crippen LogP contribution >= 0.6 is 11.8 Å². The van der Waals surface area contributed by atoms with Crippen molar-refractivity contribution in [3.05, 3.63) is 29.3 Å². The molecule has 1 aromatic carbocycles. The Balaban J connectivity index is 1.88. The zero-order valence-corrected chi connectivity index (χ0v) is 12.7. The molecule has 0 unspecified atom stereocenters. The number of carboxylic acids is 1. The van der Waals surface area contributed by atoms with Crippen molar-refractivity contribution in [1.82, 2.24) is 0 Å². The summed E-state index contributed by atoms with van der Waals surface area (Å²) in [5.41, 5.74) is 8.25. The first-order valence-electron chi connectivity index (χ1n) is 6.77. The summed E-state index contributed by atoms with van der Waals surface area (Å²) in [6, 6.07) is 5.44. The molecule has 1 aliphatic heterocycles. The van der Waals surface area contributed by atoms with Crippen LogP contribution in [0.2, 0.25) is 0 Å². The third-order valence-corrected chi connectivity index (χ3v) is 5.04. The molecular weight excluding hydrogens is 274 g/mol. The van der Waals surface area contributed by atoms with Gasteiger partial charge in [0.25, 0.3) is 0 Å². The first kappa shape index (κ1) is 15.2. The van der Waals surface area contributed by atoms with Gasteiger partial charge in [-0.15, -0.1) is 0 Å². The van der Waals surface area contributed by atoms with Gasteiger partial charge >= 0.3 is 5.97 Å². The van der Waals surface area contributed by atoms with E-state index >= 15 is 0 Å². The summed E-state index contributed by atoms with van der Waals surface area (Å²) in [6.45, 7) is 4.54. The lowest BCUT2D eigenvalue weighted by Gasteiger charge is -2.28. The number of carbonyl (C=O) groups is 1. The van der Waals surface area contributed by atoms with E-state index < -0.39 is 16.8 Å². The minimum Gasteiger partial charge on any atom is -0.493 e. The van der Waals surface area contributed by atoms with Crippen molar-refractivity contribution in [2.24, 2.45) is 5.73 Å². The zero-order chi connectivity index (χ0) is 14.8. The van der Waals surface area contributed by atoms with E-state index in [9.17, 15) is 4.79 Å². The predicted molar refractivity (Wildman–Crippen MR) is 81.5 cm³/mol. The number of benzene rings is 1. The number of rotatable bonds is 6. The quantitative estimate of drug-likeness (QED) is 0.840. The maximum atomic E-state index is 11.0. The van der Waals surface area contributed by atoms with E-state index in [-0.39, 0.29) is 0 Å². The number of aryl methyl sites for hydroxylation is 1. The molecule has 1 atom stereocenters. The van der Waals surface area contributed by atoms with E-state index in [1.807, 2.05) is 19.9 Å². The fourth-order valence-electron chi connectivity index (χ4n) is 2.21. The van der Waals surface area contributed by atoms with Crippen LogP contribution in [0, 0.1) is 0 Å². The van der Waals surface area contributed by atoms with Gasteiger partial charge in [0.05, 0.1) is 6.61 Å². The van der Waals surface area contributed by atoms with Gasteiger partial charge < -0.3 is 15.6 Å². The van der Waals surface area contributed by atoms with E-state index in [1.165, 1.54) is 11.1 Å². The summed E-state index contributed by atoms with van der Waals surface area (Å²) < 4.78 is 5.02. The molecule has 1 heterocycles. The molecule has 0 fully saturated rings. The molecule has 2 rings (SSSR count). The molecule has 0 saturated heterocycles. The number of aliphatic carboxylic acids is 1. The van der Waals surface area contributed by atoms with Gasteiger partial charge in [-0.2, -0.15) is 11.8 Å². The Morgan fingerprint density at radius 3 is 3.00 bits per heavy atom. The van der Waals surface area contributed by atoms with Crippen molar-refractivity contribution in [2.75, 3.05) is 12.4 Å². The molecule has 0 aromatic heterocycles. The highest BCUT2D eigenvalue weighted by atomic mass is 32.2. The largest absolute Gasteiger partial charge is 0.493 e. The summed E-state index contributed by atoms with van der Waals surface area (Å²) in [5.74, 6) is 0.903. The molecule has 3 N–H and O–H groups in total. The fourth-order valence-corrected chi connectivity index (χ4v) is 3.36. The van der Waals surface area contributed by atoms with Crippen molar-refractivity contribution in [3.8, 4) is 5.75 Å². The second-order valence-electron chi connectivity index (χ2n) is 5.56. The predicted octanol–water partition coefficient (Wildman–Crippen LogP) is 2.09. The van der Waals surface area contributed by atoms with Crippen LogP contribution in [0.1, 0.15) is 25.0 Å². The van der Waals surface area contributed by atoms with Gasteiger partial charge in [-0.05, 0) is 43.2 Å². The van der Waals surface area contributed by atoms with E-state index in [2.05, 4.69) is 12.1 Å². The Hall–Kier alpha value is -1.20. The minimum atomic E-state index is -0.947. The Kier molecular flexibility index (Phi) is 4.60. The zero-order valence-electron chi connectivity index (χ0n) is 11.9. The Bertz CT molecular complexity index is 502. The van der Waals surface area contributed by atoms with Crippen LogP contribution in [-0.4, -0.2) is 34.2 Å². The number of nitrogens with two attached hydrogens (primary N) is 1. The van der Waals surface area contributed by atoms with Crippen LogP contribution in [0.15, 0.2) is 18.2 Å². The van der Waals surface area contributed by atoms with E-state index in [1.54, 1.807) is 11.8 Å². The number of ether oxygens (including phenoxy) is 1. The van der Waals surface area contributed by atoms with E-state index in [0.717, 1.165) is 31.0 Å². The Morgan fingerprint density at radius 2 is 2.30 bits per heavy atom. The number of hydrogen-bond acceptors (Lipinski definition) is 4.